The van der Waals surface area contributed by atoms with Crippen LogP contribution >= 0.6 is 11.3 Å². The fourth-order valence-electron chi connectivity index (χ4n) is 1.54. The summed E-state index contributed by atoms with van der Waals surface area (Å²) in [5, 5.41) is 11.2. The van der Waals surface area contributed by atoms with Crippen molar-refractivity contribution in [2.24, 2.45) is 0 Å². The molecule has 2 heterocycles. The molecule has 0 aliphatic carbocycles. The molecule has 0 fully saturated rings. The Balaban J connectivity index is 0.00000128. The molecule has 0 bridgehead atoms. The van der Waals surface area contributed by atoms with Gasteiger partial charge in [-0.05, 0) is 0 Å². The molecule has 2 rings (SSSR count). The van der Waals surface area contributed by atoms with Crippen molar-refractivity contribution >= 4 is 36.2 Å². The molecular formula is C9H15LiN3O2S+. The molecule has 0 radical (unpaired) electrons. The molecule has 0 aromatic carbocycles. The van der Waals surface area contributed by atoms with Crippen molar-refractivity contribution < 1.29 is 14.5 Å². The summed E-state index contributed by atoms with van der Waals surface area (Å²) in [7, 11) is 6.28. The zero-order valence-electron chi connectivity index (χ0n) is 9.02. The number of quaternary nitrogens is 1. The van der Waals surface area contributed by atoms with E-state index < -0.39 is 5.97 Å². The summed E-state index contributed by atoms with van der Waals surface area (Å²) in [6, 6.07) is 0. The molecule has 0 atom stereocenters. The van der Waals surface area contributed by atoms with Crippen molar-refractivity contribution in [1.29, 1.82) is 0 Å². The van der Waals surface area contributed by atoms with E-state index in [1.807, 2.05) is 0 Å². The van der Waals surface area contributed by atoms with Gasteiger partial charge in [0.05, 0.1) is 39.9 Å². The third-order valence-corrected chi connectivity index (χ3v) is 3.54. The first kappa shape index (κ1) is 13.7. The van der Waals surface area contributed by atoms with Gasteiger partial charge in [-0.25, -0.2) is 14.4 Å². The molecule has 0 unspecified atom stereocenters. The number of carboxylic acids is 1. The summed E-state index contributed by atoms with van der Waals surface area (Å²) in [6.45, 7) is 1.53. The van der Waals surface area contributed by atoms with Crippen LogP contribution in [0.4, 0.5) is 0 Å². The molecule has 0 spiro atoms. The molecule has 0 saturated carbocycles. The zero-order valence-corrected chi connectivity index (χ0v) is 9.84. The van der Waals surface area contributed by atoms with E-state index in [0.29, 0.717) is 0 Å². The molecule has 0 amide bonds. The molecule has 1 aromatic heterocycles. The third-order valence-electron chi connectivity index (χ3n) is 2.47. The number of nitrogens with zero attached hydrogens (tertiary/aromatic N) is 3. The van der Waals surface area contributed by atoms with Crippen LogP contribution in [0.5, 0.6) is 0 Å². The monoisotopic (exact) mass is 236 g/mol. The van der Waals surface area contributed by atoms with E-state index in [9.17, 15) is 4.79 Å². The number of fused-ring (bicyclic) bond motifs is 1. The van der Waals surface area contributed by atoms with E-state index in [1.54, 1.807) is 0 Å². The average Bonchev–Trinajstić information content (AvgIpc) is 2.55. The van der Waals surface area contributed by atoms with Gasteiger partial charge in [-0.1, -0.05) is 0 Å². The summed E-state index contributed by atoms with van der Waals surface area (Å²) in [6.07, 6.45) is 0. The Hall–Kier alpha value is -0.383. The van der Waals surface area contributed by atoms with Crippen LogP contribution in [0.15, 0.2) is 0 Å². The summed E-state index contributed by atoms with van der Waals surface area (Å²) >= 11 is 1.29. The van der Waals surface area contributed by atoms with E-state index in [-0.39, 0.29) is 23.9 Å². The number of carbonyl (C=O) groups is 1. The molecule has 0 saturated heterocycles. The third kappa shape index (κ3) is 2.47. The van der Waals surface area contributed by atoms with Gasteiger partial charge in [-0.2, -0.15) is 0 Å². The Morgan fingerprint density at radius 1 is 1.44 bits per heavy atom. The number of rotatable bonds is 2. The van der Waals surface area contributed by atoms with Crippen LogP contribution in [0.1, 0.15) is 20.4 Å². The number of hydrogen-bond acceptors (Lipinski definition) is 4. The Labute approximate surface area is 110 Å². The summed E-state index contributed by atoms with van der Waals surface area (Å²) in [5.41, 5.74) is 0.922. The Morgan fingerprint density at radius 2 is 2.06 bits per heavy atom. The number of thiazole rings is 1. The second-order valence-corrected chi connectivity index (χ2v) is 5.54. The van der Waals surface area contributed by atoms with Gasteiger partial charge in [0.2, 0.25) is 5.01 Å². The van der Waals surface area contributed by atoms with Crippen molar-refractivity contribution in [1.82, 2.24) is 9.99 Å². The van der Waals surface area contributed by atoms with Crippen LogP contribution in [0.3, 0.4) is 0 Å². The number of hydrogen-bond donors (Lipinski definition) is 1. The van der Waals surface area contributed by atoms with Gasteiger partial charge in [0, 0.05) is 4.88 Å². The quantitative estimate of drug-likeness (QED) is 0.586. The SMILES string of the molecule is C[N+](C)(C)N1Cc2nc(C(=O)O)sc2C1.[LiH]. The fourth-order valence-corrected chi connectivity index (χ4v) is 2.46. The Bertz CT molecular complexity index is 390. The summed E-state index contributed by atoms with van der Waals surface area (Å²) < 4.78 is 0.742. The predicted octanol–water partition coefficient (Wildman–Crippen LogP) is 0.130. The van der Waals surface area contributed by atoms with Crippen LogP contribution in [-0.4, -0.2) is 65.7 Å². The molecule has 1 N–H and O–H groups in total. The second-order valence-electron chi connectivity index (χ2n) is 4.46. The molecule has 16 heavy (non-hydrogen) atoms. The molecule has 1 aliphatic heterocycles. The topological polar surface area (TPSA) is 53.4 Å². The van der Waals surface area contributed by atoms with Gasteiger partial charge in [0.15, 0.2) is 0 Å². The minimum absolute atomic E-state index is 0. The maximum absolute atomic E-state index is 10.7. The molecular weight excluding hydrogens is 221 g/mol. The second kappa shape index (κ2) is 4.47. The van der Waals surface area contributed by atoms with Gasteiger partial charge < -0.3 is 5.11 Å². The predicted molar refractivity (Wildman–Crippen MR) is 63.5 cm³/mol. The van der Waals surface area contributed by atoms with Crippen molar-refractivity contribution in [3.05, 3.63) is 15.6 Å². The zero-order chi connectivity index (χ0) is 11.2. The summed E-state index contributed by atoms with van der Waals surface area (Å²) in [5.74, 6) is -0.925. The maximum atomic E-state index is 10.7. The van der Waals surface area contributed by atoms with Crippen LogP contribution in [0.2, 0.25) is 0 Å². The summed E-state index contributed by atoms with van der Waals surface area (Å²) in [4.78, 5) is 15.9. The van der Waals surface area contributed by atoms with Gasteiger partial charge >= 0.3 is 24.8 Å². The fraction of sp³-hybridized carbons (Fsp3) is 0.556. The molecule has 84 valence electrons. The number of aromatic carboxylic acids is 1. The van der Waals surface area contributed by atoms with Crippen LogP contribution < -0.4 is 0 Å². The van der Waals surface area contributed by atoms with Crippen molar-refractivity contribution in [3.8, 4) is 0 Å². The van der Waals surface area contributed by atoms with Gasteiger partial charge in [-0.3, -0.25) is 0 Å². The van der Waals surface area contributed by atoms with E-state index >= 15 is 0 Å². The van der Waals surface area contributed by atoms with Gasteiger partial charge in [0.25, 0.3) is 0 Å². The first-order chi connectivity index (χ1) is 6.88. The molecule has 7 heteroatoms. The van der Waals surface area contributed by atoms with Gasteiger partial charge in [-0.15, -0.1) is 16.3 Å². The van der Waals surface area contributed by atoms with Crippen LogP contribution in [0.25, 0.3) is 0 Å². The van der Waals surface area contributed by atoms with Crippen molar-refractivity contribution in [2.45, 2.75) is 13.1 Å². The van der Waals surface area contributed by atoms with E-state index in [0.717, 1.165) is 28.3 Å². The first-order valence-electron chi connectivity index (χ1n) is 4.66. The van der Waals surface area contributed by atoms with Crippen molar-refractivity contribution in [3.63, 3.8) is 0 Å². The molecule has 1 aliphatic rings. The first-order valence-corrected chi connectivity index (χ1v) is 5.48. The Kier molecular flexibility index (Phi) is 3.82. The van der Waals surface area contributed by atoms with E-state index in [2.05, 4.69) is 31.1 Å². The van der Waals surface area contributed by atoms with Gasteiger partial charge in [0.1, 0.15) is 0 Å². The minimum atomic E-state index is -0.925. The molecule has 5 nitrogen and oxygen atoms in total. The van der Waals surface area contributed by atoms with Crippen molar-refractivity contribution in [2.75, 3.05) is 21.1 Å². The van der Waals surface area contributed by atoms with Crippen LogP contribution in [0, 0.1) is 0 Å². The van der Waals surface area contributed by atoms with E-state index in [4.69, 9.17) is 5.11 Å². The van der Waals surface area contributed by atoms with Crippen LogP contribution in [-0.2, 0) is 13.1 Å². The standard InChI is InChI=1S/C9H13N3O2S.Li.H/c1-12(2,3)11-4-6-7(5-11)15-8(10-6)9(13)14;;/h4-5H2,1-3H3;;/p+1. The number of carboxylic acid groups (broad SMARTS) is 1. The number of aromatic nitrogens is 1. The normalized spacial score (nSPS) is 15.7. The molecule has 1 aromatic rings. The Morgan fingerprint density at radius 3 is 2.50 bits per heavy atom. The van der Waals surface area contributed by atoms with E-state index in [1.165, 1.54) is 11.3 Å². The average molecular weight is 236 g/mol.